The molecule has 0 aliphatic carbocycles. The summed E-state index contributed by atoms with van der Waals surface area (Å²) < 4.78 is 5.15. The number of piperidine rings is 1. The zero-order chi connectivity index (χ0) is 12.8. The van der Waals surface area contributed by atoms with Gasteiger partial charge in [-0.15, -0.1) is 24.8 Å². The van der Waals surface area contributed by atoms with Crippen molar-refractivity contribution in [1.29, 1.82) is 0 Å². The highest BCUT2D eigenvalue weighted by atomic mass is 35.5. The van der Waals surface area contributed by atoms with Crippen molar-refractivity contribution in [2.75, 3.05) is 40.8 Å². The molecule has 0 aromatic carbocycles. The van der Waals surface area contributed by atoms with Crippen molar-refractivity contribution < 1.29 is 9.53 Å². The molecular formula is C12H27Cl2N3O2. The number of halogens is 2. The Morgan fingerprint density at radius 1 is 1.47 bits per heavy atom. The fourth-order valence-corrected chi connectivity index (χ4v) is 2.19. The van der Waals surface area contributed by atoms with Gasteiger partial charge in [-0.05, 0) is 26.9 Å². The number of nitrogens with zero attached hydrogens (tertiary/aromatic N) is 2. The zero-order valence-electron chi connectivity index (χ0n) is 12.0. The minimum atomic E-state index is -0.151. The van der Waals surface area contributed by atoms with Gasteiger partial charge in [0.1, 0.15) is 0 Å². The van der Waals surface area contributed by atoms with E-state index in [4.69, 9.17) is 10.5 Å². The van der Waals surface area contributed by atoms with Gasteiger partial charge in [0, 0.05) is 32.8 Å². The first-order valence-electron chi connectivity index (χ1n) is 6.25. The molecular weight excluding hydrogens is 289 g/mol. The molecule has 116 valence electrons. The number of ether oxygens (including phenoxy) is 1. The van der Waals surface area contributed by atoms with E-state index in [1.54, 1.807) is 7.11 Å². The number of carbonyl (C=O) groups is 1. The Labute approximate surface area is 128 Å². The second kappa shape index (κ2) is 10.7. The first-order chi connectivity index (χ1) is 8.08. The predicted octanol–water partition coefficient (Wildman–Crippen LogP) is 0.746. The van der Waals surface area contributed by atoms with E-state index in [1.165, 1.54) is 6.42 Å². The van der Waals surface area contributed by atoms with Crippen molar-refractivity contribution in [3.63, 3.8) is 0 Å². The molecule has 0 bridgehead atoms. The van der Waals surface area contributed by atoms with Gasteiger partial charge in [0.05, 0.1) is 12.5 Å². The smallest absolute Gasteiger partial charge is 0.225 e. The molecule has 1 saturated heterocycles. The topological polar surface area (TPSA) is 58.8 Å². The lowest BCUT2D eigenvalue weighted by atomic mass is 10.0. The standard InChI is InChI=1S/C12H25N3O2.2ClH/c1-14(2)10-5-4-6-15(9-10)12(16)7-11(8-13)17-3;;/h10-11H,4-9,13H2,1-3H3;2*1H. The lowest BCUT2D eigenvalue weighted by molar-refractivity contribution is -0.135. The van der Waals surface area contributed by atoms with Crippen LogP contribution in [0.2, 0.25) is 0 Å². The molecule has 0 aromatic heterocycles. The number of methoxy groups -OCH3 is 1. The molecule has 5 nitrogen and oxygen atoms in total. The lowest BCUT2D eigenvalue weighted by Crippen LogP contribution is -2.48. The number of likely N-dealkylation sites (N-methyl/N-ethyl adjacent to an activating group) is 1. The van der Waals surface area contributed by atoms with Gasteiger partial charge in [-0.3, -0.25) is 4.79 Å². The Morgan fingerprint density at radius 2 is 2.11 bits per heavy atom. The molecule has 1 rings (SSSR count). The summed E-state index contributed by atoms with van der Waals surface area (Å²) in [6, 6.07) is 0.478. The van der Waals surface area contributed by atoms with E-state index in [1.807, 2.05) is 4.90 Å². The average Bonchev–Trinajstić information content (AvgIpc) is 2.35. The predicted molar refractivity (Wildman–Crippen MR) is 82.3 cm³/mol. The maximum absolute atomic E-state index is 12.1. The van der Waals surface area contributed by atoms with Crippen LogP contribution in [0.3, 0.4) is 0 Å². The number of amides is 1. The monoisotopic (exact) mass is 315 g/mol. The van der Waals surface area contributed by atoms with Gasteiger partial charge in [0.15, 0.2) is 0 Å². The van der Waals surface area contributed by atoms with E-state index in [9.17, 15) is 4.79 Å². The van der Waals surface area contributed by atoms with E-state index in [-0.39, 0.29) is 36.8 Å². The normalized spacial score (nSPS) is 20.5. The third-order valence-electron chi connectivity index (χ3n) is 3.48. The molecule has 2 atom stereocenters. The van der Waals surface area contributed by atoms with Crippen molar-refractivity contribution >= 4 is 30.7 Å². The lowest BCUT2D eigenvalue weighted by Gasteiger charge is -2.36. The molecule has 19 heavy (non-hydrogen) atoms. The van der Waals surface area contributed by atoms with Crippen LogP contribution in [0.25, 0.3) is 0 Å². The van der Waals surface area contributed by atoms with Crippen LogP contribution < -0.4 is 5.73 Å². The summed E-state index contributed by atoms with van der Waals surface area (Å²) in [5, 5.41) is 0. The Kier molecular flexibility index (Phi) is 11.9. The molecule has 2 N–H and O–H groups in total. The molecule has 0 spiro atoms. The second-order valence-electron chi connectivity index (χ2n) is 4.90. The van der Waals surface area contributed by atoms with Gasteiger partial charge in [-0.1, -0.05) is 0 Å². The fourth-order valence-electron chi connectivity index (χ4n) is 2.19. The Hall–Kier alpha value is -0.0700. The summed E-state index contributed by atoms with van der Waals surface area (Å²) in [4.78, 5) is 16.2. The Balaban J connectivity index is 0. The van der Waals surface area contributed by atoms with Crippen LogP contribution in [-0.4, -0.2) is 68.7 Å². The Morgan fingerprint density at radius 3 is 2.58 bits per heavy atom. The fraction of sp³-hybridized carbons (Fsp3) is 0.917. The van der Waals surface area contributed by atoms with Crippen molar-refractivity contribution in [2.45, 2.75) is 31.4 Å². The third kappa shape index (κ3) is 6.77. The van der Waals surface area contributed by atoms with Crippen LogP contribution in [-0.2, 0) is 9.53 Å². The average molecular weight is 316 g/mol. The van der Waals surface area contributed by atoms with Gasteiger partial charge in [-0.2, -0.15) is 0 Å². The first kappa shape index (κ1) is 21.2. The number of carbonyl (C=O) groups excluding carboxylic acids is 1. The summed E-state index contributed by atoms with van der Waals surface area (Å²) in [5.74, 6) is 0.161. The molecule has 1 heterocycles. The molecule has 0 saturated carbocycles. The quantitative estimate of drug-likeness (QED) is 0.813. The summed E-state index contributed by atoms with van der Waals surface area (Å²) in [7, 11) is 5.73. The van der Waals surface area contributed by atoms with Crippen LogP contribution in [0.5, 0.6) is 0 Å². The van der Waals surface area contributed by atoms with Crippen molar-refractivity contribution in [1.82, 2.24) is 9.80 Å². The van der Waals surface area contributed by atoms with E-state index >= 15 is 0 Å². The number of likely N-dealkylation sites (tertiary alicyclic amines) is 1. The highest BCUT2D eigenvalue weighted by Gasteiger charge is 2.25. The van der Waals surface area contributed by atoms with Crippen molar-refractivity contribution in [3.05, 3.63) is 0 Å². The Bertz CT molecular complexity index is 251. The van der Waals surface area contributed by atoms with Crippen LogP contribution in [0.1, 0.15) is 19.3 Å². The van der Waals surface area contributed by atoms with Crippen LogP contribution >= 0.6 is 24.8 Å². The highest BCUT2D eigenvalue weighted by molar-refractivity contribution is 5.85. The molecule has 2 unspecified atom stereocenters. The van der Waals surface area contributed by atoms with Crippen molar-refractivity contribution in [3.8, 4) is 0 Å². The number of hydrogen-bond donors (Lipinski definition) is 1. The molecule has 1 aliphatic heterocycles. The zero-order valence-corrected chi connectivity index (χ0v) is 13.6. The van der Waals surface area contributed by atoms with Crippen LogP contribution in [0.4, 0.5) is 0 Å². The maximum Gasteiger partial charge on any atom is 0.225 e. The van der Waals surface area contributed by atoms with Gasteiger partial charge in [0.2, 0.25) is 5.91 Å². The molecule has 7 heteroatoms. The van der Waals surface area contributed by atoms with Crippen molar-refractivity contribution in [2.24, 2.45) is 5.73 Å². The highest BCUT2D eigenvalue weighted by Crippen LogP contribution is 2.15. The van der Waals surface area contributed by atoms with Crippen LogP contribution in [0.15, 0.2) is 0 Å². The summed E-state index contributed by atoms with van der Waals surface area (Å²) in [5.41, 5.74) is 5.53. The van der Waals surface area contributed by atoms with Crippen LogP contribution in [0, 0.1) is 0 Å². The molecule has 1 fully saturated rings. The molecule has 0 aromatic rings. The van der Waals surface area contributed by atoms with Gasteiger partial charge in [0.25, 0.3) is 0 Å². The van der Waals surface area contributed by atoms with Gasteiger partial charge in [-0.25, -0.2) is 0 Å². The largest absolute Gasteiger partial charge is 0.380 e. The van der Waals surface area contributed by atoms with E-state index in [0.717, 1.165) is 19.5 Å². The number of rotatable bonds is 5. The minimum Gasteiger partial charge on any atom is -0.380 e. The minimum absolute atomic E-state index is 0. The first-order valence-corrected chi connectivity index (χ1v) is 6.25. The summed E-state index contributed by atoms with van der Waals surface area (Å²) in [6.07, 6.45) is 2.49. The number of nitrogens with two attached hydrogens (primary N) is 1. The van der Waals surface area contributed by atoms with Gasteiger partial charge >= 0.3 is 0 Å². The maximum atomic E-state index is 12.1. The molecule has 1 aliphatic rings. The molecule has 0 radical (unpaired) electrons. The number of hydrogen-bond acceptors (Lipinski definition) is 4. The SMILES string of the molecule is COC(CN)CC(=O)N1CCCC(N(C)C)C1.Cl.Cl. The van der Waals surface area contributed by atoms with Gasteiger partial charge < -0.3 is 20.3 Å². The van der Waals surface area contributed by atoms with E-state index in [2.05, 4.69) is 19.0 Å². The molecule has 1 amide bonds. The summed E-state index contributed by atoms with van der Waals surface area (Å²) >= 11 is 0. The van der Waals surface area contributed by atoms with E-state index in [0.29, 0.717) is 19.0 Å². The van der Waals surface area contributed by atoms with E-state index < -0.39 is 0 Å². The third-order valence-corrected chi connectivity index (χ3v) is 3.48. The summed E-state index contributed by atoms with van der Waals surface area (Å²) in [6.45, 7) is 2.09. The second-order valence-corrected chi connectivity index (χ2v) is 4.90.